The zero-order valence-corrected chi connectivity index (χ0v) is 14.2. The molecule has 1 unspecified atom stereocenters. The number of likely N-dealkylation sites (tertiary alicyclic amines) is 1. The van der Waals surface area contributed by atoms with Crippen molar-refractivity contribution in [3.8, 4) is 0 Å². The van der Waals surface area contributed by atoms with Crippen LogP contribution in [-0.2, 0) is 14.6 Å². The molecule has 8 heteroatoms. The summed E-state index contributed by atoms with van der Waals surface area (Å²) >= 11 is 0. The van der Waals surface area contributed by atoms with Gasteiger partial charge in [0, 0.05) is 25.9 Å². The van der Waals surface area contributed by atoms with Crippen molar-refractivity contribution in [1.82, 2.24) is 15.0 Å². The van der Waals surface area contributed by atoms with Crippen molar-refractivity contribution in [3.63, 3.8) is 0 Å². The number of carbonyl (C=O) groups is 1. The summed E-state index contributed by atoms with van der Waals surface area (Å²) in [7, 11) is -3.33. The Kier molecular flexibility index (Phi) is 4.70. The van der Waals surface area contributed by atoms with E-state index in [1.165, 1.54) is 0 Å². The second-order valence-electron chi connectivity index (χ2n) is 6.56. The van der Waals surface area contributed by atoms with Crippen molar-refractivity contribution in [1.29, 1.82) is 0 Å². The number of sulfone groups is 1. The predicted molar refractivity (Wildman–Crippen MR) is 83.6 cm³/mol. The van der Waals surface area contributed by atoms with Crippen LogP contribution in [-0.4, -0.2) is 53.5 Å². The molecule has 1 saturated carbocycles. The standard InChI is InChI=1S/C15H23N3O4S/c1-11-16-15(17-22-11)12-5-4-8-18(9-12)14(19)10-23(20,21)13-6-2-3-7-13/h12-13H,2-10H2,1H3. The van der Waals surface area contributed by atoms with Gasteiger partial charge in [-0.3, -0.25) is 4.79 Å². The van der Waals surface area contributed by atoms with Crippen molar-refractivity contribution in [2.24, 2.45) is 0 Å². The Labute approximate surface area is 136 Å². The van der Waals surface area contributed by atoms with Gasteiger partial charge in [-0.2, -0.15) is 4.98 Å². The fourth-order valence-electron chi connectivity index (χ4n) is 3.52. The fraction of sp³-hybridized carbons (Fsp3) is 0.800. The molecule has 2 aliphatic rings. The van der Waals surface area contributed by atoms with E-state index in [-0.39, 0.29) is 22.8 Å². The fourth-order valence-corrected chi connectivity index (χ4v) is 5.34. The third-order valence-electron chi connectivity index (χ3n) is 4.82. The summed E-state index contributed by atoms with van der Waals surface area (Å²) in [6, 6.07) is 0. The molecule has 1 amide bonds. The third kappa shape index (κ3) is 3.73. The van der Waals surface area contributed by atoms with Crippen LogP contribution in [0.5, 0.6) is 0 Å². The lowest BCUT2D eigenvalue weighted by Gasteiger charge is -2.31. The van der Waals surface area contributed by atoms with Gasteiger partial charge in [0.1, 0.15) is 5.75 Å². The smallest absolute Gasteiger partial charge is 0.237 e. The Bertz CT molecular complexity index is 664. The lowest BCUT2D eigenvalue weighted by atomic mass is 9.97. The number of amides is 1. The highest BCUT2D eigenvalue weighted by Gasteiger charge is 2.34. The second kappa shape index (κ2) is 6.59. The summed E-state index contributed by atoms with van der Waals surface area (Å²) in [6.07, 6.45) is 4.99. The van der Waals surface area contributed by atoms with Gasteiger partial charge in [0.25, 0.3) is 0 Å². The molecule has 3 rings (SSSR count). The van der Waals surface area contributed by atoms with Crippen LogP contribution in [0.3, 0.4) is 0 Å². The number of carbonyl (C=O) groups excluding carboxylic acids is 1. The van der Waals surface area contributed by atoms with E-state index in [0.717, 1.165) is 25.7 Å². The number of rotatable bonds is 4. The lowest BCUT2D eigenvalue weighted by molar-refractivity contribution is -0.129. The van der Waals surface area contributed by atoms with Crippen LogP contribution >= 0.6 is 0 Å². The molecule has 0 bridgehead atoms. The molecular weight excluding hydrogens is 318 g/mol. The van der Waals surface area contributed by atoms with Crippen molar-refractivity contribution < 1.29 is 17.7 Å². The molecule has 0 spiro atoms. The minimum Gasteiger partial charge on any atom is -0.341 e. The van der Waals surface area contributed by atoms with Crippen molar-refractivity contribution in [3.05, 3.63) is 11.7 Å². The van der Waals surface area contributed by atoms with Crippen molar-refractivity contribution >= 4 is 15.7 Å². The van der Waals surface area contributed by atoms with E-state index in [1.807, 2.05) is 0 Å². The van der Waals surface area contributed by atoms with Crippen LogP contribution in [0.25, 0.3) is 0 Å². The molecule has 2 heterocycles. The molecule has 1 aromatic heterocycles. The molecular formula is C15H23N3O4S. The molecule has 2 fully saturated rings. The Morgan fingerprint density at radius 3 is 2.65 bits per heavy atom. The van der Waals surface area contributed by atoms with Crippen LogP contribution in [0.2, 0.25) is 0 Å². The monoisotopic (exact) mass is 341 g/mol. The normalized spacial score (nSPS) is 23.3. The zero-order chi connectivity index (χ0) is 16.4. The average Bonchev–Trinajstić information content (AvgIpc) is 3.18. The van der Waals surface area contributed by atoms with E-state index in [0.29, 0.717) is 37.6 Å². The Morgan fingerprint density at radius 1 is 1.26 bits per heavy atom. The highest BCUT2D eigenvalue weighted by Crippen LogP contribution is 2.27. The zero-order valence-electron chi connectivity index (χ0n) is 13.4. The third-order valence-corrected chi connectivity index (χ3v) is 6.95. The van der Waals surface area contributed by atoms with E-state index in [2.05, 4.69) is 10.1 Å². The van der Waals surface area contributed by atoms with Crippen LogP contribution < -0.4 is 0 Å². The van der Waals surface area contributed by atoms with E-state index >= 15 is 0 Å². The molecule has 1 aliphatic heterocycles. The quantitative estimate of drug-likeness (QED) is 0.822. The first-order valence-electron chi connectivity index (χ1n) is 8.25. The molecule has 23 heavy (non-hydrogen) atoms. The Hall–Kier alpha value is -1.44. The number of piperidine rings is 1. The summed E-state index contributed by atoms with van der Waals surface area (Å²) in [5.41, 5.74) is 0. The topological polar surface area (TPSA) is 93.4 Å². The van der Waals surface area contributed by atoms with Crippen LogP contribution in [0, 0.1) is 6.92 Å². The highest BCUT2D eigenvalue weighted by molar-refractivity contribution is 7.92. The first-order valence-corrected chi connectivity index (χ1v) is 9.97. The van der Waals surface area contributed by atoms with Gasteiger partial charge in [-0.15, -0.1) is 0 Å². The highest BCUT2D eigenvalue weighted by atomic mass is 32.2. The summed E-state index contributed by atoms with van der Waals surface area (Å²) in [5, 5.41) is 3.60. The van der Waals surface area contributed by atoms with Crippen molar-refractivity contribution in [2.75, 3.05) is 18.8 Å². The molecule has 0 aromatic carbocycles. The number of aryl methyl sites for hydroxylation is 1. The maximum absolute atomic E-state index is 12.4. The molecule has 0 radical (unpaired) electrons. The van der Waals surface area contributed by atoms with E-state index in [4.69, 9.17) is 4.52 Å². The van der Waals surface area contributed by atoms with Gasteiger partial charge in [0.05, 0.1) is 5.25 Å². The van der Waals surface area contributed by atoms with Gasteiger partial charge >= 0.3 is 0 Å². The maximum atomic E-state index is 12.4. The first-order chi connectivity index (χ1) is 11.0. The van der Waals surface area contributed by atoms with Crippen molar-refractivity contribution in [2.45, 2.75) is 56.6 Å². The largest absolute Gasteiger partial charge is 0.341 e. The van der Waals surface area contributed by atoms with Gasteiger partial charge in [-0.25, -0.2) is 8.42 Å². The maximum Gasteiger partial charge on any atom is 0.237 e. The van der Waals surface area contributed by atoms with E-state index in [1.54, 1.807) is 11.8 Å². The van der Waals surface area contributed by atoms with Gasteiger partial charge in [0.15, 0.2) is 15.7 Å². The average molecular weight is 341 g/mol. The van der Waals surface area contributed by atoms with Crippen LogP contribution in [0.4, 0.5) is 0 Å². The number of nitrogens with zero attached hydrogens (tertiary/aromatic N) is 3. The minimum absolute atomic E-state index is 0.0272. The molecule has 1 aromatic rings. The second-order valence-corrected chi connectivity index (χ2v) is 8.85. The van der Waals surface area contributed by atoms with E-state index < -0.39 is 9.84 Å². The molecule has 128 valence electrons. The van der Waals surface area contributed by atoms with Crippen LogP contribution in [0.1, 0.15) is 56.2 Å². The molecule has 1 atom stereocenters. The van der Waals surface area contributed by atoms with Gasteiger partial charge in [-0.05, 0) is 25.7 Å². The SMILES string of the molecule is Cc1nc(C2CCCN(C(=O)CS(=O)(=O)C3CCCC3)C2)no1. The molecule has 1 saturated heterocycles. The van der Waals surface area contributed by atoms with E-state index in [9.17, 15) is 13.2 Å². The minimum atomic E-state index is -3.33. The Morgan fingerprint density at radius 2 is 2.00 bits per heavy atom. The van der Waals surface area contributed by atoms with Gasteiger partial charge < -0.3 is 9.42 Å². The summed E-state index contributed by atoms with van der Waals surface area (Å²) < 4.78 is 29.7. The molecule has 7 nitrogen and oxygen atoms in total. The molecule has 1 aliphatic carbocycles. The summed E-state index contributed by atoms with van der Waals surface area (Å²) in [5.74, 6) is 0.488. The van der Waals surface area contributed by atoms with Crippen LogP contribution in [0.15, 0.2) is 4.52 Å². The first kappa shape index (κ1) is 16.4. The lowest BCUT2D eigenvalue weighted by Crippen LogP contribution is -2.43. The Balaban J connectivity index is 1.63. The van der Waals surface area contributed by atoms with Gasteiger partial charge in [0.2, 0.25) is 11.8 Å². The molecule has 0 N–H and O–H groups in total. The number of aromatic nitrogens is 2. The summed E-state index contributed by atoms with van der Waals surface area (Å²) in [4.78, 5) is 18.3. The van der Waals surface area contributed by atoms with Gasteiger partial charge in [-0.1, -0.05) is 18.0 Å². The summed E-state index contributed by atoms with van der Waals surface area (Å²) in [6.45, 7) is 2.81. The number of hydrogen-bond acceptors (Lipinski definition) is 6. The number of hydrogen-bond donors (Lipinski definition) is 0. The predicted octanol–water partition coefficient (Wildman–Crippen LogP) is 1.44.